The molecule has 1 aromatic carbocycles. The highest BCUT2D eigenvalue weighted by Gasteiger charge is 2.37. The molecule has 326 valence electrons. The minimum Gasteiger partial charge on any atom is -0.444 e. The molecule has 6 amide bonds. The minimum absolute atomic E-state index is 0.0753. The molecule has 3 unspecified atom stereocenters. The van der Waals surface area contributed by atoms with E-state index in [-0.39, 0.29) is 56.0 Å². The van der Waals surface area contributed by atoms with Gasteiger partial charge in [-0.1, -0.05) is 12.1 Å². The third kappa shape index (κ3) is 15.0. The first-order valence-electron chi connectivity index (χ1n) is 19.8. The van der Waals surface area contributed by atoms with Gasteiger partial charge in [0, 0.05) is 70.9 Å². The molecule has 0 spiro atoms. The quantitative estimate of drug-likeness (QED) is 0.149. The fourth-order valence-corrected chi connectivity index (χ4v) is 6.63. The van der Waals surface area contributed by atoms with Gasteiger partial charge in [0.2, 0.25) is 11.7 Å². The Bertz CT molecular complexity index is 1830. The van der Waals surface area contributed by atoms with Crippen LogP contribution >= 0.6 is 0 Å². The lowest BCUT2D eigenvalue weighted by Gasteiger charge is -2.38. The zero-order valence-corrected chi connectivity index (χ0v) is 35.8. The van der Waals surface area contributed by atoms with Crippen LogP contribution < -0.4 is 32.3 Å². The smallest absolute Gasteiger partial charge is 0.409 e. The molecule has 2 aliphatic rings. The van der Waals surface area contributed by atoms with Crippen LogP contribution in [0, 0.1) is 0 Å². The number of amides is 6. The third-order valence-electron chi connectivity index (χ3n) is 9.14. The number of nitrogens with zero attached hydrogens (tertiary/aromatic N) is 4. The van der Waals surface area contributed by atoms with E-state index in [1.54, 1.807) is 72.4 Å². The molecule has 19 heteroatoms. The Morgan fingerprint density at radius 1 is 0.712 bits per heavy atom. The van der Waals surface area contributed by atoms with E-state index in [9.17, 15) is 33.9 Å². The second-order valence-electron chi connectivity index (χ2n) is 17.9. The largest absolute Gasteiger partial charge is 0.444 e. The van der Waals surface area contributed by atoms with Crippen molar-refractivity contribution in [1.82, 2.24) is 40.6 Å². The summed E-state index contributed by atoms with van der Waals surface area (Å²) in [6.45, 7) is 17.8. The number of benzene rings is 1. The number of piperazine rings is 1. The maximum atomic E-state index is 13.2. The summed E-state index contributed by atoms with van der Waals surface area (Å²) in [5.74, 6) is -1.88. The highest BCUT2D eigenvalue weighted by molar-refractivity contribution is 5.90. The second-order valence-corrected chi connectivity index (χ2v) is 17.9. The fraction of sp³-hybridized carbons (Fsp3) is 0.625. The van der Waals surface area contributed by atoms with Gasteiger partial charge in [0.15, 0.2) is 0 Å². The van der Waals surface area contributed by atoms with Crippen molar-refractivity contribution < 1.29 is 43.3 Å². The first-order valence-corrected chi connectivity index (χ1v) is 19.8. The molecular formula is C40H61N9O10. The van der Waals surface area contributed by atoms with Crippen LogP contribution in [-0.4, -0.2) is 122 Å². The molecule has 1 aliphatic heterocycles. The first-order chi connectivity index (χ1) is 27.2. The van der Waals surface area contributed by atoms with Crippen LogP contribution in [0.15, 0.2) is 41.3 Å². The van der Waals surface area contributed by atoms with Crippen molar-refractivity contribution in [1.29, 1.82) is 0 Å². The summed E-state index contributed by atoms with van der Waals surface area (Å²) in [5, 5.41) is 24.4. The Morgan fingerprint density at radius 2 is 1.22 bits per heavy atom. The van der Waals surface area contributed by atoms with Crippen molar-refractivity contribution in [3.8, 4) is 5.69 Å². The maximum Gasteiger partial charge on any atom is 0.409 e. The predicted octanol–water partition coefficient (Wildman–Crippen LogP) is 3.57. The molecular weight excluding hydrogens is 766 g/mol. The Balaban J connectivity index is 1.30. The van der Waals surface area contributed by atoms with Crippen LogP contribution in [0.4, 0.5) is 25.0 Å². The summed E-state index contributed by atoms with van der Waals surface area (Å²) in [6, 6.07) is 7.53. The van der Waals surface area contributed by atoms with Gasteiger partial charge in [0.1, 0.15) is 22.6 Å². The fourth-order valence-electron chi connectivity index (χ4n) is 6.63. The summed E-state index contributed by atoms with van der Waals surface area (Å²) < 4.78 is 17.1. The third-order valence-corrected chi connectivity index (χ3v) is 9.14. The number of hydrogen-bond acceptors (Lipinski definition) is 12. The van der Waals surface area contributed by atoms with E-state index in [1.807, 2.05) is 12.1 Å². The van der Waals surface area contributed by atoms with Crippen LogP contribution in [0.3, 0.4) is 0 Å². The number of carbonyl (C=O) groups excluding carboxylic acids is 5. The molecule has 1 saturated heterocycles. The van der Waals surface area contributed by atoms with E-state index in [0.29, 0.717) is 31.5 Å². The Morgan fingerprint density at radius 3 is 1.75 bits per heavy atom. The number of rotatable bonds is 10. The zero-order chi connectivity index (χ0) is 43.9. The van der Waals surface area contributed by atoms with Crippen molar-refractivity contribution in [2.45, 2.75) is 136 Å². The maximum absolute atomic E-state index is 13.2. The topological polar surface area (TPSA) is 235 Å². The van der Waals surface area contributed by atoms with E-state index in [2.05, 4.69) is 31.6 Å². The molecule has 0 bridgehead atoms. The summed E-state index contributed by atoms with van der Waals surface area (Å²) in [4.78, 5) is 83.7. The number of ether oxygens (including phenoxy) is 3. The molecule has 1 aromatic heterocycles. The van der Waals surface area contributed by atoms with Crippen LogP contribution in [0.1, 0.15) is 94.1 Å². The Labute approximate surface area is 344 Å². The van der Waals surface area contributed by atoms with Gasteiger partial charge in [0.25, 0.3) is 0 Å². The summed E-state index contributed by atoms with van der Waals surface area (Å²) in [5.41, 5.74) is -1.74. The minimum atomic E-state index is -1.65. The molecule has 4 rings (SSSR count). The average Bonchev–Trinajstić information content (AvgIpc) is 3.08. The van der Waals surface area contributed by atoms with E-state index in [4.69, 9.17) is 14.2 Å². The van der Waals surface area contributed by atoms with Gasteiger partial charge in [-0.3, -0.25) is 14.7 Å². The molecule has 19 nitrogen and oxygen atoms in total. The van der Waals surface area contributed by atoms with Crippen molar-refractivity contribution in [2.24, 2.45) is 0 Å². The molecule has 6 N–H and O–H groups in total. The van der Waals surface area contributed by atoms with E-state index < -0.39 is 52.5 Å². The lowest BCUT2D eigenvalue weighted by atomic mass is 9.87. The lowest BCUT2D eigenvalue weighted by molar-refractivity contribution is -0.138. The number of alkyl carbamates (subject to hydrolysis) is 3. The van der Waals surface area contributed by atoms with E-state index >= 15 is 0 Å². The monoisotopic (exact) mass is 827 g/mol. The Kier molecular flexibility index (Phi) is 14.6. The summed E-state index contributed by atoms with van der Waals surface area (Å²) in [6.07, 6.45) is 1.05. The zero-order valence-electron chi connectivity index (χ0n) is 35.8. The van der Waals surface area contributed by atoms with Crippen LogP contribution in [0.5, 0.6) is 0 Å². The van der Waals surface area contributed by atoms with Crippen molar-refractivity contribution in [3.05, 3.63) is 52.6 Å². The lowest BCUT2D eigenvalue weighted by Crippen LogP contribution is -2.60. The standard InChI is InChI=1S/C40H61N9O10/c1-37(2,3)57-34(53)42-27-21-26(22-28(23-27)43-35(54)59-40(9,10)56)41-24-25-11-13-29(14-12-25)49-16-15-30(45-33(49)52)44-32(51)48-19-17-47(18-20-48)31(50)39(7,8)46-36(55)58-38(4,5)6/h11-16,26-28,41,56H,17-24H2,1-10H3,(H,42,53)(H,43,54)(H,46,55)(H,44,45,51,52). The van der Waals surface area contributed by atoms with E-state index in [1.165, 1.54) is 35.6 Å². The van der Waals surface area contributed by atoms with Crippen LogP contribution in [0.25, 0.3) is 5.69 Å². The average molecular weight is 828 g/mol. The first kappa shape index (κ1) is 46.3. The number of aliphatic hydroxyl groups is 1. The molecule has 2 fully saturated rings. The molecule has 59 heavy (non-hydrogen) atoms. The SMILES string of the molecule is CC(C)(C)OC(=O)NC1CC(NCc2ccc(-n3ccc(NC(=O)N4CCN(C(=O)C(C)(C)NC(=O)OC(C)(C)C)CC4)nc3=O)cc2)CC(NC(=O)OC(C)(C)O)C1. The normalized spacial score (nSPS) is 18.9. The summed E-state index contributed by atoms with van der Waals surface area (Å²) in [7, 11) is 0. The van der Waals surface area contributed by atoms with Crippen molar-refractivity contribution >= 4 is 36.0 Å². The number of urea groups is 1. The number of anilines is 1. The van der Waals surface area contributed by atoms with Gasteiger partial charge in [0.05, 0.1) is 5.69 Å². The van der Waals surface area contributed by atoms with Gasteiger partial charge >= 0.3 is 30.0 Å². The van der Waals surface area contributed by atoms with Gasteiger partial charge in [-0.15, -0.1) is 0 Å². The molecule has 2 aromatic rings. The Hall–Kier alpha value is -5.43. The van der Waals surface area contributed by atoms with Crippen LogP contribution in [0.2, 0.25) is 0 Å². The highest BCUT2D eigenvalue weighted by atomic mass is 16.7. The molecule has 3 atom stereocenters. The molecule has 1 aliphatic carbocycles. The van der Waals surface area contributed by atoms with Crippen molar-refractivity contribution in [2.75, 3.05) is 31.5 Å². The molecule has 0 radical (unpaired) electrons. The second kappa shape index (κ2) is 18.7. The number of nitrogens with one attached hydrogen (secondary N) is 5. The summed E-state index contributed by atoms with van der Waals surface area (Å²) >= 11 is 0. The molecule has 1 saturated carbocycles. The number of carbonyl (C=O) groups is 5. The van der Waals surface area contributed by atoms with Gasteiger partial charge in [-0.05, 0) is 98.4 Å². The van der Waals surface area contributed by atoms with Crippen LogP contribution in [-0.2, 0) is 25.5 Å². The predicted molar refractivity (Wildman–Crippen MR) is 218 cm³/mol. The van der Waals surface area contributed by atoms with Gasteiger partial charge < -0.3 is 50.4 Å². The van der Waals surface area contributed by atoms with Gasteiger partial charge in [-0.2, -0.15) is 4.98 Å². The molecule has 2 heterocycles. The number of aromatic nitrogens is 2. The number of hydrogen-bond donors (Lipinski definition) is 6. The van der Waals surface area contributed by atoms with E-state index in [0.717, 1.165) is 5.56 Å². The van der Waals surface area contributed by atoms with Gasteiger partial charge in [-0.25, -0.2) is 24.0 Å². The van der Waals surface area contributed by atoms with Crippen molar-refractivity contribution in [3.63, 3.8) is 0 Å². The highest BCUT2D eigenvalue weighted by Crippen LogP contribution is 2.22.